The highest BCUT2D eigenvalue weighted by molar-refractivity contribution is 7.99. The lowest BCUT2D eigenvalue weighted by atomic mass is 10.2. The number of anilines is 1. The van der Waals surface area contributed by atoms with Crippen LogP contribution in [0.5, 0.6) is 0 Å². The molecule has 1 aromatic heterocycles. The molecule has 2 rings (SSSR count). The summed E-state index contributed by atoms with van der Waals surface area (Å²) < 4.78 is 26.0. The molecular weight excluding hydrogens is 230 g/mol. The van der Waals surface area contributed by atoms with Gasteiger partial charge in [0.25, 0.3) is 0 Å². The van der Waals surface area contributed by atoms with Crippen molar-refractivity contribution in [1.29, 1.82) is 0 Å². The van der Waals surface area contributed by atoms with E-state index in [-0.39, 0.29) is 11.9 Å². The Morgan fingerprint density at radius 3 is 2.88 bits per heavy atom. The van der Waals surface area contributed by atoms with Crippen LogP contribution in [0, 0.1) is 11.6 Å². The molecule has 2 unspecified atom stereocenters. The van der Waals surface area contributed by atoms with Crippen molar-refractivity contribution >= 4 is 17.6 Å². The third-order valence-corrected chi connectivity index (χ3v) is 3.96. The van der Waals surface area contributed by atoms with E-state index in [0.717, 1.165) is 31.5 Å². The first kappa shape index (κ1) is 11.6. The summed E-state index contributed by atoms with van der Waals surface area (Å²) in [6.07, 6.45) is 6.29. The Labute approximate surface area is 97.8 Å². The molecule has 0 saturated heterocycles. The maximum atomic E-state index is 13.3. The molecule has 0 spiro atoms. The fourth-order valence-electron chi connectivity index (χ4n) is 2.00. The third-order valence-electron chi connectivity index (χ3n) is 2.87. The van der Waals surface area contributed by atoms with Crippen LogP contribution in [0.15, 0.2) is 12.3 Å². The van der Waals surface area contributed by atoms with Crippen molar-refractivity contribution in [2.45, 2.75) is 30.6 Å². The Hall–Kier alpha value is -0.840. The van der Waals surface area contributed by atoms with E-state index in [0.29, 0.717) is 5.25 Å². The molecule has 1 aliphatic carbocycles. The van der Waals surface area contributed by atoms with E-state index in [4.69, 9.17) is 0 Å². The van der Waals surface area contributed by atoms with Crippen molar-refractivity contribution in [3.05, 3.63) is 23.9 Å². The van der Waals surface area contributed by atoms with E-state index in [1.54, 1.807) is 0 Å². The van der Waals surface area contributed by atoms with Gasteiger partial charge >= 0.3 is 0 Å². The summed E-state index contributed by atoms with van der Waals surface area (Å²) in [5, 5.41) is 3.67. The molecule has 0 aliphatic heterocycles. The second-order valence-corrected chi connectivity index (χ2v) is 5.13. The molecule has 1 fully saturated rings. The van der Waals surface area contributed by atoms with Crippen LogP contribution in [-0.2, 0) is 0 Å². The smallest absolute Gasteiger partial charge is 0.168 e. The number of thioether (sulfide) groups is 1. The lowest BCUT2D eigenvalue weighted by Gasteiger charge is -2.13. The van der Waals surface area contributed by atoms with Crippen LogP contribution in [0.25, 0.3) is 0 Å². The zero-order valence-electron chi connectivity index (χ0n) is 9.04. The van der Waals surface area contributed by atoms with Gasteiger partial charge in [-0.2, -0.15) is 11.8 Å². The number of pyridine rings is 1. The molecule has 1 saturated carbocycles. The Balaban J connectivity index is 1.99. The van der Waals surface area contributed by atoms with Crippen molar-refractivity contribution in [2.24, 2.45) is 0 Å². The molecule has 0 aromatic carbocycles. The molecule has 0 bridgehead atoms. The topological polar surface area (TPSA) is 24.9 Å². The van der Waals surface area contributed by atoms with Gasteiger partial charge in [0.2, 0.25) is 0 Å². The first-order valence-corrected chi connectivity index (χ1v) is 6.58. The highest BCUT2D eigenvalue weighted by Crippen LogP contribution is 2.30. The van der Waals surface area contributed by atoms with Crippen LogP contribution in [0.1, 0.15) is 19.3 Å². The molecule has 1 N–H and O–H groups in total. The molecule has 1 aromatic rings. The van der Waals surface area contributed by atoms with Crippen LogP contribution < -0.4 is 5.32 Å². The lowest BCUT2D eigenvalue weighted by molar-refractivity contribution is 0.572. The number of halogens is 2. The minimum absolute atomic E-state index is 0.160. The van der Waals surface area contributed by atoms with Gasteiger partial charge in [-0.25, -0.2) is 13.8 Å². The van der Waals surface area contributed by atoms with E-state index in [1.165, 1.54) is 0 Å². The van der Waals surface area contributed by atoms with Gasteiger partial charge in [-0.05, 0) is 25.5 Å². The summed E-state index contributed by atoms with van der Waals surface area (Å²) in [5.41, 5.74) is 0. The number of rotatable bonds is 3. The number of nitrogens with zero attached hydrogens (tertiary/aromatic N) is 1. The number of hydrogen-bond acceptors (Lipinski definition) is 3. The van der Waals surface area contributed by atoms with Crippen LogP contribution in [0.2, 0.25) is 0 Å². The fourth-order valence-corrected chi connectivity index (χ4v) is 2.80. The third kappa shape index (κ3) is 2.64. The Bertz CT molecular complexity index is 373. The first-order chi connectivity index (χ1) is 7.69. The highest BCUT2D eigenvalue weighted by Gasteiger charge is 2.24. The van der Waals surface area contributed by atoms with Crippen molar-refractivity contribution in [2.75, 3.05) is 11.6 Å². The lowest BCUT2D eigenvalue weighted by Crippen LogP contribution is -2.17. The Kier molecular flexibility index (Phi) is 3.63. The quantitative estimate of drug-likeness (QED) is 0.884. The minimum Gasteiger partial charge on any atom is -0.365 e. The van der Waals surface area contributed by atoms with Gasteiger partial charge in [-0.15, -0.1) is 0 Å². The molecule has 2 nitrogen and oxygen atoms in total. The predicted octanol–water partition coefficient (Wildman–Crippen LogP) is 3.06. The zero-order chi connectivity index (χ0) is 11.5. The van der Waals surface area contributed by atoms with E-state index in [2.05, 4.69) is 16.6 Å². The zero-order valence-corrected chi connectivity index (χ0v) is 9.86. The summed E-state index contributed by atoms with van der Waals surface area (Å²) in [5.74, 6) is -1.10. The Morgan fingerprint density at radius 2 is 2.25 bits per heavy atom. The van der Waals surface area contributed by atoms with Crippen LogP contribution >= 0.6 is 11.8 Å². The molecule has 5 heteroatoms. The van der Waals surface area contributed by atoms with E-state index >= 15 is 0 Å². The molecule has 0 amide bonds. The van der Waals surface area contributed by atoms with Gasteiger partial charge in [0.05, 0.1) is 6.20 Å². The second-order valence-electron chi connectivity index (χ2n) is 4.00. The molecule has 1 aliphatic rings. The monoisotopic (exact) mass is 244 g/mol. The summed E-state index contributed by atoms with van der Waals surface area (Å²) in [7, 11) is 0. The fraction of sp³-hybridized carbons (Fsp3) is 0.545. The average Bonchev–Trinajstić information content (AvgIpc) is 2.70. The van der Waals surface area contributed by atoms with Crippen LogP contribution in [0.4, 0.5) is 14.6 Å². The van der Waals surface area contributed by atoms with Gasteiger partial charge in [0.15, 0.2) is 11.6 Å². The van der Waals surface area contributed by atoms with Gasteiger partial charge in [-0.1, -0.05) is 0 Å². The van der Waals surface area contributed by atoms with E-state index in [1.807, 2.05) is 11.8 Å². The summed E-state index contributed by atoms with van der Waals surface area (Å²) in [6.45, 7) is 0. The maximum absolute atomic E-state index is 13.3. The number of nitrogens with one attached hydrogen (secondary N) is 1. The van der Waals surface area contributed by atoms with Crippen molar-refractivity contribution < 1.29 is 8.78 Å². The van der Waals surface area contributed by atoms with Crippen molar-refractivity contribution in [3.8, 4) is 0 Å². The molecule has 2 atom stereocenters. The van der Waals surface area contributed by atoms with Gasteiger partial charge in [-0.3, -0.25) is 0 Å². The van der Waals surface area contributed by atoms with Gasteiger partial charge < -0.3 is 5.32 Å². The van der Waals surface area contributed by atoms with Crippen molar-refractivity contribution in [3.63, 3.8) is 0 Å². The molecule has 16 heavy (non-hydrogen) atoms. The molecule has 0 radical (unpaired) electrons. The standard InChI is InChI=1S/C11H14F2N2S/c1-16-9-3-2-8(5-9)15-11-10(13)4-7(12)6-14-11/h4,6,8-9H,2-3,5H2,1H3,(H,14,15). The highest BCUT2D eigenvalue weighted by atomic mass is 32.2. The van der Waals surface area contributed by atoms with E-state index < -0.39 is 11.6 Å². The van der Waals surface area contributed by atoms with Gasteiger partial charge in [0, 0.05) is 17.4 Å². The van der Waals surface area contributed by atoms with Gasteiger partial charge in [0.1, 0.15) is 5.82 Å². The molecular formula is C11H14F2N2S. The SMILES string of the molecule is CSC1CCC(Nc2ncc(F)cc2F)C1. The molecule has 88 valence electrons. The summed E-state index contributed by atoms with van der Waals surface area (Å²) in [6, 6.07) is 1.11. The number of hydrogen-bond donors (Lipinski definition) is 1. The predicted molar refractivity (Wildman–Crippen MR) is 62.7 cm³/mol. The summed E-state index contributed by atoms with van der Waals surface area (Å²) in [4.78, 5) is 3.72. The average molecular weight is 244 g/mol. The Morgan fingerprint density at radius 1 is 1.44 bits per heavy atom. The molecule has 1 heterocycles. The van der Waals surface area contributed by atoms with Crippen LogP contribution in [-0.4, -0.2) is 22.5 Å². The van der Waals surface area contributed by atoms with Crippen LogP contribution in [0.3, 0.4) is 0 Å². The van der Waals surface area contributed by atoms with Crippen molar-refractivity contribution in [1.82, 2.24) is 4.98 Å². The normalized spacial score (nSPS) is 24.7. The number of aromatic nitrogens is 1. The second kappa shape index (κ2) is 4.99. The first-order valence-electron chi connectivity index (χ1n) is 5.29. The maximum Gasteiger partial charge on any atom is 0.168 e. The largest absolute Gasteiger partial charge is 0.365 e. The minimum atomic E-state index is -0.642. The van der Waals surface area contributed by atoms with E-state index in [9.17, 15) is 8.78 Å². The summed E-state index contributed by atoms with van der Waals surface area (Å²) >= 11 is 1.84.